The fourth-order valence-corrected chi connectivity index (χ4v) is 6.46. The Kier molecular flexibility index (Phi) is 6.49. The van der Waals surface area contributed by atoms with E-state index in [2.05, 4.69) is 39.4 Å². The number of thiophene rings is 1. The lowest BCUT2D eigenvalue weighted by molar-refractivity contribution is 0.194. The lowest BCUT2D eigenvalue weighted by Crippen LogP contribution is -2.47. The largest absolute Gasteiger partial charge is 0.368 e. The van der Waals surface area contributed by atoms with Crippen LogP contribution in [0, 0.1) is 5.92 Å². The molecule has 0 atom stereocenters. The lowest BCUT2D eigenvalue weighted by atomic mass is 9.84. The Morgan fingerprint density at radius 1 is 1.07 bits per heavy atom. The van der Waals surface area contributed by atoms with Gasteiger partial charge in [-0.1, -0.05) is 6.07 Å². The minimum Gasteiger partial charge on any atom is -0.368 e. The van der Waals surface area contributed by atoms with Crippen LogP contribution in [-0.4, -0.2) is 69.7 Å². The fraction of sp³-hybridized carbons (Fsp3) is 0.636. The van der Waals surface area contributed by atoms with Crippen molar-refractivity contribution in [3.8, 4) is 0 Å². The van der Waals surface area contributed by atoms with Crippen LogP contribution in [-0.2, 0) is 10.0 Å². The summed E-state index contributed by atoms with van der Waals surface area (Å²) < 4.78 is 26.4. The number of anilines is 1. The van der Waals surface area contributed by atoms with Crippen LogP contribution in [0.2, 0.25) is 0 Å². The molecule has 0 bridgehead atoms. The molecule has 1 aromatic heterocycles. The molecule has 0 amide bonds. The number of piperazine rings is 1. The van der Waals surface area contributed by atoms with E-state index in [0.717, 1.165) is 57.8 Å². The van der Waals surface area contributed by atoms with E-state index in [-0.39, 0.29) is 6.04 Å². The number of nitrogens with zero attached hydrogens (tertiary/aromatic N) is 3. The van der Waals surface area contributed by atoms with Crippen molar-refractivity contribution in [1.82, 2.24) is 9.21 Å². The Hall–Kier alpha value is -1.15. The Bertz CT molecular complexity index is 911. The highest BCUT2D eigenvalue weighted by molar-refractivity contribution is 7.88. The maximum absolute atomic E-state index is 11.7. The molecule has 7 heteroatoms. The van der Waals surface area contributed by atoms with E-state index in [1.54, 1.807) is 11.4 Å². The predicted molar refractivity (Wildman–Crippen MR) is 123 cm³/mol. The van der Waals surface area contributed by atoms with Gasteiger partial charge in [0.25, 0.3) is 0 Å². The van der Waals surface area contributed by atoms with Gasteiger partial charge in [0.1, 0.15) is 0 Å². The maximum Gasteiger partial charge on any atom is 0.211 e. The number of hydrogen-bond acceptors (Lipinski definition) is 5. The third kappa shape index (κ3) is 4.95. The second kappa shape index (κ2) is 8.92. The molecule has 1 saturated heterocycles. The molecule has 2 aromatic rings. The molecule has 0 unspecified atom stereocenters. The van der Waals surface area contributed by atoms with Gasteiger partial charge >= 0.3 is 0 Å². The van der Waals surface area contributed by atoms with Crippen molar-refractivity contribution >= 4 is 37.1 Å². The first-order chi connectivity index (χ1) is 13.9. The highest BCUT2D eigenvalue weighted by Gasteiger charge is 2.28. The van der Waals surface area contributed by atoms with Crippen molar-refractivity contribution in [1.29, 1.82) is 0 Å². The van der Waals surface area contributed by atoms with E-state index in [9.17, 15) is 8.42 Å². The zero-order valence-corrected chi connectivity index (χ0v) is 19.2. The van der Waals surface area contributed by atoms with Gasteiger partial charge in [0.05, 0.1) is 6.26 Å². The average molecular weight is 436 g/mol. The predicted octanol–water partition coefficient (Wildman–Crippen LogP) is 3.86. The normalized spacial score (nSPS) is 24.4. The van der Waals surface area contributed by atoms with Gasteiger partial charge in [-0.2, -0.15) is 0 Å². The summed E-state index contributed by atoms with van der Waals surface area (Å²) in [6.45, 7) is 5.63. The van der Waals surface area contributed by atoms with Crippen molar-refractivity contribution < 1.29 is 8.42 Å². The van der Waals surface area contributed by atoms with Crippen molar-refractivity contribution in [2.45, 2.75) is 38.1 Å². The molecule has 1 aliphatic heterocycles. The summed E-state index contributed by atoms with van der Waals surface area (Å²) in [5, 5.41) is 3.58. The summed E-state index contributed by atoms with van der Waals surface area (Å²) in [6, 6.07) is 9.10. The molecule has 0 radical (unpaired) electrons. The smallest absolute Gasteiger partial charge is 0.211 e. The minimum absolute atomic E-state index is 0.199. The Labute approximate surface area is 179 Å². The molecule has 1 aliphatic carbocycles. The second-order valence-corrected chi connectivity index (χ2v) is 11.7. The molecule has 29 heavy (non-hydrogen) atoms. The van der Waals surface area contributed by atoms with Crippen LogP contribution in [0.3, 0.4) is 0 Å². The van der Waals surface area contributed by atoms with E-state index in [0.29, 0.717) is 0 Å². The Balaban J connectivity index is 1.22. The van der Waals surface area contributed by atoms with E-state index in [4.69, 9.17) is 0 Å². The van der Waals surface area contributed by atoms with Crippen LogP contribution >= 0.6 is 11.3 Å². The first-order valence-corrected chi connectivity index (χ1v) is 13.5. The van der Waals surface area contributed by atoms with Gasteiger partial charge in [0.15, 0.2) is 0 Å². The Morgan fingerprint density at radius 3 is 2.48 bits per heavy atom. The topological polar surface area (TPSA) is 43.9 Å². The number of fused-ring (bicyclic) bond motifs is 1. The van der Waals surface area contributed by atoms with Gasteiger partial charge in [-0.25, -0.2) is 12.7 Å². The van der Waals surface area contributed by atoms with Gasteiger partial charge < -0.3 is 4.90 Å². The summed E-state index contributed by atoms with van der Waals surface area (Å²) in [5.41, 5.74) is 1.39. The van der Waals surface area contributed by atoms with Crippen LogP contribution < -0.4 is 4.90 Å². The van der Waals surface area contributed by atoms with Crippen molar-refractivity contribution in [2.75, 3.05) is 50.9 Å². The molecular formula is C22H33N3O2S2. The van der Waals surface area contributed by atoms with E-state index >= 15 is 0 Å². The third-order valence-corrected chi connectivity index (χ3v) is 9.12. The molecule has 160 valence electrons. The van der Waals surface area contributed by atoms with Crippen LogP contribution in [0.25, 0.3) is 10.1 Å². The third-order valence-electron chi connectivity index (χ3n) is 6.89. The van der Waals surface area contributed by atoms with Gasteiger partial charge in [0, 0.05) is 55.0 Å². The maximum atomic E-state index is 11.7. The Morgan fingerprint density at radius 2 is 1.79 bits per heavy atom. The van der Waals surface area contributed by atoms with Crippen molar-refractivity contribution in [3.63, 3.8) is 0 Å². The summed E-state index contributed by atoms with van der Waals surface area (Å²) in [5.74, 6) is 0.747. The summed E-state index contributed by atoms with van der Waals surface area (Å²) >= 11 is 1.82. The lowest BCUT2D eigenvalue weighted by Gasteiger charge is -2.38. The number of hydrogen-bond donors (Lipinski definition) is 0. The SMILES string of the molecule is CN(C1CCC(CCN2CCN(c3cccc4sccc34)CC2)CC1)S(C)(=O)=O. The van der Waals surface area contributed by atoms with Crippen LogP contribution in [0.4, 0.5) is 5.69 Å². The molecule has 2 heterocycles. The zero-order valence-electron chi connectivity index (χ0n) is 17.6. The molecule has 5 nitrogen and oxygen atoms in total. The van der Waals surface area contributed by atoms with Gasteiger partial charge in [-0.05, 0) is 68.1 Å². The quantitative estimate of drug-likeness (QED) is 0.691. The van der Waals surface area contributed by atoms with E-state index in [1.165, 1.54) is 35.0 Å². The minimum atomic E-state index is -3.07. The van der Waals surface area contributed by atoms with Crippen molar-refractivity contribution in [2.24, 2.45) is 5.92 Å². The molecule has 2 fully saturated rings. The highest BCUT2D eigenvalue weighted by atomic mass is 32.2. The summed E-state index contributed by atoms with van der Waals surface area (Å²) in [6.07, 6.45) is 6.89. The number of rotatable bonds is 6. The molecule has 4 rings (SSSR count). The van der Waals surface area contributed by atoms with E-state index < -0.39 is 10.0 Å². The molecule has 0 N–H and O–H groups in total. The van der Waals surface area contributed by atoms with Crippen LogP contribution in [0.15, 0.2) is 29.6 Å². The molecule has 1 saturated carbocycles. The van der Waals surface area contributed by atoms with Gasteiger partial charge in [0.2, 0.25) is 10.0 Å². The molecule has 0 spiro atoms. The fourth-order valence-electron chi connectivity index (χ4n) is 4.90. The standard InChI is InChI=1S/C22H33N3O2S2/c1-23(29(2,26)27)19-8-6-18(7-9-19)10-12-24-13-15-25(16-14-24)21-4-3-5-22-20(21)11-17-28-22/h3-5,11,17-19H,6-10,12-16H2,1-2H3. The van der Waals surface area contributed by atoms with Gasteiger partial charge in [-0.15, -0.1) is 11.3 Å². The molecular weight excluding hydrogens is 402 g/mol. The number of sulfonamides is 1. The van der Waals surface area contributed by atoms with Crippen LogP contribution in [0.5, 0.6) is 0 Å². The van der Waals surface area contributed by atoms with Gasteiger partial charge in [-0.3, -0.25) is 4.90 Å². The number of benzene rings is 1. The first kappa shape index (κ1) is 21.1. The summed E-state index contributed by atoms with van der Waals surface area (Å²) in [4.78, 5) is 5.15. The van der Waals surface area contributed by atoms with E-state index in [1.807, 2.05) is 11.3 Å². The average Bonchev–Trinajstić information content (AvgIpc) is 3.21. The molecule has 2 aliphatic rings. The zero-order chi connectivity index (χ0) is 20.4. The second-order valence-electron chi connectivity index (χ2n) is 8.68. The summed E-state index contributed by atoms with van der Waals surface area (Å²) in [7, 11) is -1.33. The molecule has 1 aromatic carbocycles. The van der Waals surface area contributed by atoms with Crippen LogP contribution in [0.1, 0.15) is 32.1 Å². The first-order valence-electron chi connectivity index (χ1n) is 10.8. The van der Waals surface area contributed by atoms with Crippen molar-refractivity contribution in [3.05, 3.63) is 29.6 Å². The monoisotopic (exact) mass is 435 g/mol. The highest BCUT2D eigenvalue weighted by Crippen LogP contribution is 2.32.